The summed E-state index contributed by atoms with van der Waals surface area (Å²) in [6, 6.07) is 13.3. The second-order valence-electron chi connectivity index (χ2n) is 6.07. The molecule has 132 valence electrons. The zero-order valence-electron chi connectivity index (χ0n) is 14.7. The predicted octanol–water partition coefficient (Wildman–Crippen LogP) is 4.29. The van der Waals surface area contributed by atoms with Crippen molar-refractivity contribution in [3.05, 3.63) is 42.5 Å². The minimum absolute atomic E-state index is 0.211. The predicted molar refractivity (Wildman–Crippen MR) is 99.8 cm³/mol. The first-order valence-corrected chi connectivity index (χ1v) is 8.41. The Balaban J connectivity index is 1.61. The standard InChI is InChI=1S/C19H23N3O3/c1-4-22(13(2)3)16-8-5-14(6-9-16)20-19(23)21-15-7-10-17-18(11-15)25-12-24-17/h5-11,13H,4,12H2,1-3H3,(H2,20,21,23). The molecule has 3 rings (SSSR count). The quantitative estimate of drug-likeness (QED) is 0.851. The molecule has 0 spiro atoms. The van der Waals surface area contributed by atoms with Gasteiger partial charge in [-0.2, -0.15) is 0 Å². The molecule has 0 atom stereocenters. The molecule has 0 aromatic heterocycles. The Morgan fingerprint density at radius 2 is 1.68 bits per heavy atom. The van der Waals surface area contributed by atoms with E-state index in [-0.39, 0.29) is 12.8 Å². The topological polar surface area (TPSA) is 62.8 Å². The maximum atomic E-state index is 12.2. The van der Waals surface area contributed by atoms with E-state index in [1.165, 1.54) is 0 Å². The second kappa shape index (κ2) is 7.34. The maximum Gasteiger partial charge on any atom is 0.323 e. The summed E-state index contributed by atoms with van der Waals surface area (Å²) in [7, 11) is 0. The molecule has 6 nitrogen and oxygen atoms in total. The van der Waals surface area contributed by atoms with Crippen molar-refractivity contribution in [1.29, 1.82) is 0 Å². The van der Waals surface area contributed by atoms with Gasteiger partial charge in [0.15, 0.2) is 11.5 Å². The van der Waals surface area contributed by atoms with Crippen molar-refractivity contribution in [2.24, 2.45) is 0 Å². The Hall–Kier alpha value is -2.89. The van der Waals surface area contributed by atoms with Gasteiger partial charge in [-0.05, 0) is 57.2 Å². The minimum atomic E-state index is -0.303. The van der Waals surface area contributed by atoms with E-state index in [1.54, 1.807) is 18.2 Å². The lowest BCUT2D eigenvalue weighted by atomic mass is 10.2. The molecule has 0 saturated heterocycles. The van der Waals surface area contributed by atoms with Crippen LogP contribution >= 0.6 is 0 Å². The summed E-state index contributed by atoms with van der Waals surface area (Å²) in [6.07, 6.45) is 0. The smallest absolute Gasteiger partial charge is 0.323 e. The number of fused-ring (bicyclic) bond motifs is 1. The monoisotopic (exact) mass is 341 g/mol. The van der Waals surface area contributed by atoms with Crippen LogP contribution in [-0.4, -0.2) is 25.4 Å². The average molecular weight is 341 g/mol. The first kappa shape index (κ1) is 17.0. The summed E-state index contributed by atoms with van der Waals surface area (Å²) < 4.78 is 10.6. The van der Waals surface area contributed by atoms with Gasteiger partial charge in [-0.1, -0.05) is 0 Å². The number of nitrogens with zero attached hydrogens (tertiary/aromatic N) is 1. The fourth-order valence-corrected chi connectivity index (χ4v) is 2.85. The summed E-state index contributed by atoms with van der Waals surface area (Å²) >= 11 is 0. The number of hydrogen-bond donors (Lipinski definition) is 2. The Labute approximate surface area is 147 Å². The lowest BCUT2D eigenvalue weighted by Gasteiger charge is -2.27. The van der Waals surface area contributed by atoms with E-state index in [0.717, 1.165) is 17.9 Å². The van der Waals surface area contributed by atoms with E-state index in [1.807, 2.05) is 24.3 Å². The van der Waals surface area contributed by atoms with Crippen LogP contribution in [0.1, 0.15) is 20.8 Å². The van der Waals surface area contributed by atoms with E-state index >= 15 is 0 Å². The van der Waals surface area contributed by atoms with E-state index in [4.69, 9.17) is 9.47 Å². The zero-order valence-corrected chi connectivity index (χ0v) is 14.7. The van der Waals surface area contributed by atoms with E-state index < -0.39 is 0 Å². The summed E-state index contributed by atoms with van der Waals surface area (Å²) in [6.45, 7) is 7.60. The molecule has 2 N–H and O–H groups in total. The van der Waals surface area contributed by atoms with Crippen LogP contribution in [0.5, 0.6) is 11.5 Å². The second-order valence-corrected chi connectivity index (χ2v) is 6.07. The van der Waals surface area contributed by atoms with Crippen molar-refractivity contribution in [3.63, 3.8) is 0 Å². The van der Waals surface area contributed by atoms with Crippen LogP contribution in [0.3, 0.4) is 0 Å². The fourth-order valence-electron chi connectivity index (χ4n) is 2.85. The molecule has 1 aliphatic heterocycles. The number of nitrogens with one attached hydrogen (secondary N) is 2. The SMILES string of the molecule is CCN(c1ccc(NC(=O)Nc2ccc3c(c2)OCO3)cc1)C(C)C. The van der Waals surface area contributed by atoms with Crippen LogP contribution in [-0.2, 0) is 0 Å². The van der Waals surface area contributed by atoms with Crippen LogP contribution in [0.25, 0.3) is 0 Å². The Morgan fingerprint density at radius 1 is 1.04 bits per heavy atom. The third kappa shape index (κ3) is 3.96. The summed E-state index contributed by atoms with van der Waals surface area (Å²) in [5.74, 6) is 1.32. The molecule has 0 aliphatic carbocycles. The number of carbonyl (C=O) groups excluding carboxylic acids is 1. The highest BCUT2D eigenvalue weighted by Crippen LogP contribution is 2.34. The van der Waals surface area contributed by atoms with Crippen molar-refractivity contribution in [1.82, 2.24) is 0 Å². The van der Waals surface area contributed by atoms with Gasteiger partial charge in [0.1, 0.15) is 0 Å². The molecule has 0 bridgehead atoms. The van der Waals surface area contributed by atoms with Crippen molar-refractivity contribution in [2.45, 2.75) is 26.8 Å². The average Bonchev–Trinajstić information content (AvgIpc) is 3.04. The van der Waals surface area contributed by atoms with E-state index in [0.29, 0.717) is 23.2 Å². The highest BCUT2D eigenvalue weighted by atomic mass is 16.7. The molecule has 1 aliphatic rings. The highest BCUT2D eigenvalue weighted by Gasteiger charge is 2.14. The fraction of sp³-hybridized carbons (Fsp3) is 0.316. The first-order valence-electron chi connectivity index (χ1n) is 8.41. The number of amides is 2. The van der Waals surface area contributed by atoms with Crippen LogP contribution in [0.15, 0.2) is 42.5 Å². The van der Waals surface area contributed by atoms with Gasteiger partial charge in [-0.25, -0.2) is 4.79 Å². The Kier molecular flexibility index (Phi) is 4.97. The molecular weight excluding hydrogens is 318 g/mol. The van der Waals surface area contributed by atoms with Crippen molar-refractivity contribution >= 4 is 23.1 Å². The van der Waals surface area contributed by atoms with Gasteiger partial charge in [0.25, 0.3) is 0 Å². The van der Waals surface area contributed by atoms with Gasteiger partial charge < -0.3 is 25.0 Å². The van der Waals surface area contributed by atoms with Crippen molar-refractivity contribution in [3.8, 4) is 11.5 Å². The Morgan fingerprint density at radius 3 is 2.36 bits per heavy atom. The van der Waals surface area contributed by atoms with Gasteiger partial charge in [0.05, 0.1) is 0 Å². The van der Waals surface area contributed by atoms with E-state index in [9.17, 15) is 4.79 Å². The number of rotatable bonds is 5. The summed E-state index contributed by atoms with van der Waals surface area (Å²) in [4.78, 5) is 14.4. The number of ether oxygens (including phenoxy) is 2. The van der Waals surface area contributed by atoms with Crippen molar-refractivity contribution < 1.29 is 14.3 Å². The van der Waals surface area contributed by atoms with Crippen molar-refractivity contribution in [2.75, 3.05) is 28.9 Å². The molecule has 0 fully saturated rings. The van der Waals surface area contributed by atoms with Crippen LogP contribution in [0, 0.1) is 0 Å². The molecular formula is C19H23N3O3. The first-order chi connectivity index (χ1) is 12.1. The van der Waals surface area contributed by atoms with Gasteiger partial charge in [-0.15, -0.1) is 0 Å². The largest absolute Gasteiger partial charge is 0.454 e. The molecule has 6 heteroatoms. The maximum absolute atomic E-state index is 12.2. The zero-order chi connectivity index (χ0) is 17.8. The molecule has 0 saturated carbocycles. The third-order valence-electron chi connectivity index (χ3n) is 4.05. The number of carbonyl (C=O) groups is 1. The molecule has 2 aromatic rings. The van der Waals surface area contributed by atoms with Gasteiger partial charge in [0, 0.05) is 35.7 Å². The lowest BCUT2D eigenvalue weighted by molar-refractivity contribution is 0.174. The molecule has 25 heavy (non-hydrogen) atoms. The highest BCUT2D eigenvalue weighted by molar-refractivity contribution is 6.00. The van der Waals surface area contributed by atoms with E-state index in [2.05, 4.69) is 36.3 Å². The van der Waals surface area contributed by atoms with Crippen LogP contribution in [0.2, 0.25) is 0 Å². The van der Waals surface area contributed by atoms with Crippen LogP contribution in [0.4, 0.5) is 21.9 Å². The van der Waals surface area contributed by atoms with Crippen LogP contribution < -0.4 is 25.0 Å². The number of hydrogen-bond acceptors (Lipinski definition) is 4. The lowest BCUT2D eigenvalue weighted by Crippen LogP contribution is -2.30. The van der Waals surface area contributed by atoms with Gasteiger partial charge in [-0.3, -0.25) is 0 Å². The molecule has 0 radical (unpaired) electrons. The summed E-state index contributed by atoms with van der Waals surface area (Å²) in [5, 5.41) is 5.62. The number of urea groups is 1. The third-order valence-corrected chi connectivity index (χ3v) is 4.05. The molecule has 2 aromatic carbocycles. The molecule has 2 amide bonds. The number of anilines is 3. The summed E-state index contributed by atoms with van der Waals surface area (Å²) in [5.41, 5.74) is 2.52. The minimum Gasteiger partial charge on any atom is -0.454 e. The molecule has 0 unspecified atom stereocenters. The normalized spacial score (nSPS) is 12.2. The van der Waals surface area contributed by atoms with Gasteiger partial charge >= 0.3 is 6.03 Å². The van der Waals surface area contributed by atoms with Gasteiger partial charge in [0.2, 0.25) is 6.79 Å². The molecule has 1 heterocycles. The Bertz CT molecular complexity index is 744. The number of benzene rings is 2.